The zero-order valence-corrected chi connectivity index (χ0v) is 16.0. The van der Waals surface area contributed by atoms with Gasteiger partial charge in [-0.25, -0.2) is 4.79 Å². The number of rotatable bonds is 3. The van der Waals surface area contributed by atoms with Crippen LogP contribution in [0.15, 0.2) is 21.7 Å². The maximum atomic E-state index is 12.5. The summed E-state index contributed by atoms with van der Waals surface area (Å²) < 4.78 is 5.94. The molecule has 0 spiro atoms. The maximum absolute atomic E-state index is 12.5. The molecule has 0 bridgehead atoms. The van der Waals surface area contributed by atoms with Gasteiger partial charge in [0.1, 0.15) is 5.03 Å². The molecule has 2 aromatic rings. The number of anilines is 1. The lowest BCUT2D eigenvalue weighted by atomic mass is 10.1. The average Bonchev–Trinajstić information content (AvgIpc) is 3.34. The van der Waals surface area contributed by atoms with Gasteiger partial charge < -0.3 is 5.32 Å². The Hall–Kier alpha value is -2.06. The summed E-state index contributed by atoms with van der Waals surface area (Å²) in [5, 5.41) is 14.2. The van der Waals surface area contributed by atoms with Crippen LogP contribution < -0.4 is 10.5 Å². The number of pyridine rings is 1. The summed E-state index contributed by atoms with van der Waals surface area (Å²) in [7, 11) is -1.06. The van der Waals surface area contributed by atoms with E-state index in [1.165, 1.54) is 11.1 Å². The Balaban J connectivity index is 1.59. The number of nitrogens with one attached hydrogen (secondary N) is 1. The average molecular weight is 372 g/mol. The van der Waals surface area contributed by atoms with Crippen LogP contribution in [0.3, 0.4) is 0 Å². The first-order valence-electron chi connectivity index (χ1n) is 9.13. The van der Waals surface area contributed by atoms with Crippen molar-refractivity contribution in [3.63, 3.8) is 0 Å². The Kier molecular flexibility index (Phi) is 4.62. The first-order chi connectivity index (χ1) is 12.5. The number of nitrogens with zero attached hydrogens (tertiary/aromatic N) is 4. The van der Waals surface area contributed by atoms with E-state index in [2.05, 4.69) is 14.8 Å². The largest absolute Gasteiger partial charge is 0.352 e. The molecular formula is C18H24N6OS. The Morgan fingerprint density at radius 3 is 2.46 bits per heavy atom. The molecule has 26 heavy (non-hydrogen) atoms. The Bertz CT molecular complexity index is 869. The first kappa shape index (κ1) is 17.4. The first-order valence-corrected chi connectivity index (χ1v) is 10.4. The van der Waals surface area contributed by atoms with Crippen LogP contribution in [0.5, 0.6) is 0 Å². The lowest BCUT2D eigenvalue weighted by molar-refractivity contribution is 0.260. The molecule has 2 aliphatic carbocycles. The highest BCUT2D eigenvalue weighted by molar-refractivity contribution is 7.85. The third kappa shape index (κ3) is 3.19. The number of carbonyl (C=O) groups is 1. The summed E-state index contributed by atoms with van der Waals surface area (Å²) >= 11 is 0. The highest BCUT2D eigenvalue weighted by Gasteiger charge is 2.26. The van der Waals surface area contributed by atoms with Crippen LogP contribution in [0.25, 0.3) is 0 Å². The van der Waals surface area contributed by atoms with E-state index >= 15 is 0 Å². The Labute approximate surface area is 155 Å². The molecule has 0 saturated carbocycles. The van der Waals surface area contributed by atoms with E-state index in [1.807, 2.05) is 30.8 Å². The smallest absolute Gasteiger partial charge is 0.305 e. The minimum absolute atomic E-state index is 0.247. The molecule has 0 radical (unpaired) electrons. The van der Waals surface area contributed by atoms with Gasteiger partial charge in [-0.1, -0.05) is 0 Å². The van der Waals surface area contributed by atoms with Gasteiger partial charge in [0.25, 0.3) is 0 Å². The molecule has 2 heterocycles. The maximum Gasteiger partial charge on any atom is 0.352 e. The van der Waals surface area contributed by atoms with Gasteiger partial charge in [0.2, 0.25) is 0 Å². The number of fused-ring (bicyclic) bond motifs is 2. The SMILES string of the molecule is CC(C)n1ccc(S(N)=NC(=O)Nc2c3c(nc4c2CCC4)CCC3)n1. The summed E-state index contributed by atoms with van der Waals surface area (Å²) in [6.45, 7) is 4.08. The van der Waals surface area contributed by atoms with Crippen LogP contribution >= 0.6 is 0 Å². The highest BCUT2D eigenvalue weighted by atomic mass is 32.2. The second-order valence-electron chi connectivity index (χ2n) is 7.11. The number of amides is 2. The van der Waals surface area contributed by atoms with Gasteiger partial charge in [-0.3, -0.25) is 14.8 Å². The van der Waals surface area contributed by atoms with Gasteiger partial charge in [0, 0.05) is 34.5 Å². The van der Waals surface area contributed by atoms with Crippen LogP contribution in [0, 0.1) is 0 Å². The topological polar surface area (TPSA) is 98.2 Å². The van der Waals surface area contributed by atoms with Crippen molar-refractivity contribution in [2.24, 2.45) is 9.50 Å². The molecule has 0 aliphatic heterocycles. The van der Waals surface area contributed by atoms with Crippen molar-refractivity contribution in [1.29, 1.82) is 0 Å². The number of nitrogens with two attached hydrogens (primary N) is 1. The number of hydrogen-bond donors (Lipinski definition) is 2. The third-order valence-corrected chi connectivity index (χ3v) is 6.00. The molecule has 3 N–H and O–H groups in total. The quantitative estimate of drug-likeness (QED) is 0.865. The molecule has 1 unspecified atom stereocenters. The molecule has 2 aromatic heterocycles. The van der Waals surface area contributed by atoms with E-state index in [4.69, 9.17) is 10.1 Å². The minimum atomic E-state index is -1.06. The lowest BCUT2D eigenvalue weighted by Gasteiger charge is -2.14. The van der Waals surface area contributed by atoms with Crippen molar-refractivity contribution in [3.8, 4) is 0 Å². The van der Waals surface area contributed by atoms with Gasteiger partial charge in [0.15, 0.2) is 0 Å². The predicted octanol–water partition coefficient (Wildman–Crippen LogP) is 3.10. The van der Waals surface area contributed by atoms with E-state index < -0.39 is 16.9 Å². The Morgan fingerprint density at radius 2 is 1.88 bits per heavy atom. The number of aromatic nitrogens is 3. The van der Waals surface area contributed by atoms with E-state index in [0.29, 0.717) is 5.03 Å². The summed E-state index contributed by atoms with van der Waals surface area (Å²) in [4.78, 5) is 17.3. The zero-order valence-electron chi connectivity index (χ0n) is 15.2. The van der Waals surface area contributed by atoms with E-state index in [-0.39, 0.29) is 6.04 Å². The number of urea groups is 1. The molecule has 138 valence electrons. The predicted molar refractivity (Wildman–Crippen MR) is 102 cm³/mol. The van der Waals surface area contributed by atoms with E-state index in [9.17, 15) is 4.79 Å². The van der Waals surface area contributed by atoms with Gasteiger partial charge in [0.05, 0.1) is 5.69 Å². The zero-order chi connectivity index (χ0) is 18.3. The van der Waals surface area contributed by atoms with Crippen LogP contribution in [0.4, 0.5) is 10.5 Å². The number of aryl methyl sites for hydroxylation is 2. The molecule has 2 amide bonds. The molecule has 7 nitrogen and oxygen atoms in total. The molecule has 8 heteroatoms. The standard InChI is InChI=1S/C18H24N6OS/c1-11(2)24-10-9-16(22-24)26(19)23-18(25)21-17-12-5-3-7-14(12)20-15-8-4-6-13(15)17/h9-11H,3-8H2,1-2H3,(H3,19,20,21,23,25). The lowest BCUT2D eigenvalue weighted by Crippen LogP contribution is -2.15. The molecule has 1 atom stereocenters. The summed E-state index contributed by atoms with van der Waals surface area (Å²) in [6.07, 6.45) is 7.99. The second-order valence-corrected chi connectivity index (χ2v) is 8.34. The van der Waals surface area contributed by atoms with Crippen LogP contribution in [0.1, 0.15) is 55.2 Å². The van der Waals surface area contributed by atoms with Crippen molar-refractivity contribution in [1.82, 2.24) is 14.8 Å². The number of carbonyl (C=O) groups excluding carboxylic acids is 1. The molecule has 2 aliphatic rings. The molecule has 4 rings (SSSR count). The normalized spacial score (nSPS) is 16.8. The van der Waals surface area contributed by atoms with E-state index in [0.717, 1.165) is 55.6 Å². The van der Waals surface area contributed by atoms with Crippen LogP contribution in [0.2, 0.25) is 0 Å². The van der Waals surface area contributed by atoms with Crippen LogP contribution in [-0.4, -0.2) is 20.8 Å². The fourth-order valence-electron chi connectivity index (χ4n) is 3.72. The molecule has 0 saturated heterocycles. The van der Waals surface area contributed by atoms with Gasteiger partial charge >= 0.3 is 6.03 Å². The summed E-state index contributed by atoms with van der Waals surface area (Å²) in [5.74, 6) is 0. The van der Waals surface area contributed by atoms with Gasteiger partial charge in [-0.15, -0.1) is 4.36 Å². The third-order valence-electron chi connectivity index (χ3n) is 4.99. The van der Waals surface area contributed by atoms with Crippen molar-refractivity contribution < 1.29 is 4.79 Å². The molecule has 0 aromatic carbocycles. The van der Waals surface area contributed by atoms with Crippen molar-refractivity contribution in [2.45, 2.75) is 63.4 Å². The van der Waals surface area contributed by atoms with E-state index in [1.54, 1.807) is 0 Å². The van der Waals surface area contributed by atoms with Crippen molar-refractivity contribution >= 4 is 22.6 Å². The van der Waals surface area contributed by atoms with Crippen LogP contribution in [-0.2, 0) is 36.6 Å². The second kappa shape index (κ2) is 6.92. The van der Waals surface area contributed by atoms with Crippen molar-refractivity contribution in [2.75, 3.05) is 5.32 Å². The fraction of sp³-hybridized carbons (Fsp3) is 0.500. The highest BCUT2D eigenvalue weighted by Crippen LogP contribution is 2.36. The van der Waals surface area contributed by atoms with Gasteiger partial charge in [-0.2, -0.15) is 5.10 Å². The number of hydrogen-bond acceptors (Lipinski definition) is 3. The minimum Gasteiger partial charge on any atom is -0.305 e. The molecular weight excluding hydrogens is 348 g/mol. The monoisotopic (exact) mass is 372 g/mol. The van der Waals surface area contributed by atoms with Gasteiger partial charge in [-0.05, 0) is 69.6 Å². The van der Waals surface area contributed by atoms with Crippen molar-refractivity contribution in [3.05, 3.63) is 34.8 Å². The summed E-state index contributed by atoms with van der Waals surface area (Å²) in [6, 6.07) is 1.67. The molecule has 0 fully saturated rings. The fourth-order valence-corrected chi connectivity index (χ4v) is 4.42. The summed E-state index contributed by atoms with van der Waals surface area (Å²) in [5.41, 5.74) is 5.61. The Morgan fingerprint density at radius 1 is 1.23 bits per heavy atom.